The molecular formula is C19H20N4O2. The molecule has 0 aliphatic carbocycles. The van der Waals surface area contributed by atoms with Gasteiger partial charge in [-0.2, -0.15) is 0 Å². The fraction of sp³-hybridized carbons (Fsp3) is 0.211. The van der Waals surface area contributed by atoms with Gasteiger partial charge in [-0.1, -0.05) is 12.1 Å². The van der Waals surface area contributed by atoms with Gasteiger partial charge in [0.25, 0.3) is 11.5 Å². The summed E-state index contributed by atoms with van der Waals surface area (Å²) in [6, 6.07) is 9.34. The molecule has 0 spiro atoms. The number of nitrogens with one attached hydrogen (secondary N) is 2. The van der Waals surface area contributed by atoms with Crippen LogP contribution in [0, 0.1) is 20.8 Å². The van der Waals surface area contributed by atoms with Gasteiger partial charge in [-0.3, -0.25) is 9.59 Å². The van der Waals surface area contributed by atoms with E-state index in [0.717, 1.165) is 23.6 Å². The van der Waals surface area contributed by atoms with Crippen LogP contribution in [-0.2, 0) is 6.54 Å². The third-order valence-corrected chi connectivity index (χ3v) is 4.08. The largest absolute Gasteiger partial charge is 0.331 e. The van der Waals surface area contributed by atoms with Crippen molar-refractivity contribution in [3.05, 3.63) is 81.3 Å². The number of rotatable bonds is 4. The SMILES string of the molecule is Cc1cc(C)c(C(=O)Nc2ccc(Cn3ccnc3C)cc2)c(=O)[nH]1. The molecule has 25 heavy (non-hydrogen) atoms. The van der Waals surface area contributed by atoms with E-state index in [2.05, 4.69) is 15.3 Å². The van der Waals surface area contributed by atoms with Gasteiger partial charge in [0, 0.05) is 30.3 Å². The van der Waals surface area contributed by atoms with Gasteiger partial charge in [-0.15, -0.1) is 0 Å². The van der Waals surface area contributed by atoms with Crippen LogP contribution in [0.3, 0.4) is 0 Å². The zero-order valence-electron chi connectivity index (χ0n) is 14.5. The van der Waals surface area contributed by atoms with Crippen molar-refractivity contribution in [3.63, 3.8) is 0 Å². The van der Waals surface area contributed by atoms with Gasteiger partial charge in [0.05, 0.1) is 0 Å². The lowest BCUT2D eigenvalue weighted by Gasteiger charge is -2.09. The van der Waals surface area contributed by atoms with E-state index in [1.165, 1.54) is 0 Å². The van der Waals surface area contributed by atoms with E-state index in [-0.39, 0.29) is 11.1 Å². The Morgan fingerprint density at radius 1 is 1.20 bits per heavy atom. The number of hydrogen-bond donors (Lipinski definition) is 2. The van der Waals surface area contributed by atoms with Crippen molar-refractivity contribution in [2.75, 3.05) is 5.32 Å². The van der Waals surface area contributed by atoms with Gasteiger partial charge in [-0.25, -0.2) is 4.98 Å². The lowest BCUT2D eigenvalue weighted by atomic mass is 10.1. The molecule has 0 atom stereocenters. The smallest absolute Gasteiger partial charge is 0.261 e. The van der Waals surface area contributed by atoms with Crippen molar-refractivity contribution in [1.82, 2.24) is 14.5 Å². The Kier molecular flexibility index (Phi) is 4.52. The minimum Gasteiger partial charge on any atom is -0.331 e. The normalized spacial score (nSPS) is 10.7. The van der Waals surface area contributed by atoms with Crippen molar-refractivity contribution >= 4 is 11.6 Å². The average molecular weight is 336 g/mol. The van der Waals surface area contributed by atoms with E-state index in [4.69, 9.17) is 0 Å². The zero-order valence-corrected chi connectivity index (χ0v) is 14.5. The number of amides is 1. The van der Waals surface area contributed by atoms with Crippen LogP contribution in [0.4, 0.5) is 5.69 Å². The van der Waals surface area contributed by atoms with E-state index >= 15 is 0 Å². The van der Waals surface area contributed by atoms with Gasteiger partial charge in [0.15, 0.2) is 0 Å². The van der Waals surface area contributed by atoms with Gasteiger partial charge in [-0.05, 0) is 50.1 Å². The number of benzene rings is 1. The van der Waals surface area contributed by atoms with E-state index in [0.29, 0.717) is 11.3 Å². The summed E-state index contributed by atoms with van der Waals surface area (Å²) in [6.45, 7) is 6.22. The summed E-state index contributed by atoms with van der Waals surface area (Å²) in [7, 11) is 0. The third kappa shape index (κ3) is 3.68. The summed E-state index contributed by atoms with van der Waals surface area (Å²) in [5.74, 6) is 0.545. The topological polar surface area (TPSA) is 79.8 Å². The Balaban J connectivity index is 1.74. The van der Waals surface area contributed by atoms with Crippen LogP contribution in [0.5, 0.6) is 0 Å². The highest BCUT2D eigenvalue weighted by molar-refractivity contribution is 6.05. The monoisotopic (exact) mass is 336 g/mol. The molecule has 3 rings (SSSR count). The molecule has 2 heterocycles. The number of carbonyl (C=O) groups excluding carboxylic acids is 1. The molecule has 2 aromatic heterocycles. The van der Waals surface area contributed by atoms with E-state index < -0.39 is 5.91 Å². The Bertz CT molecular complexity index is 968. The van der Waals surface area contributed by atoms with Gasteiger partial charge < -0.3 is 14.9 Å². The summed E-state index contributed by atoms with van der Waals surface area (Å²) < 4.78 is 2.04. The quantitative estimate of drug-likeness (QED) is 0.769. The fourth-order valence-electron chi connectivity index (χ4n) is 2.79. The molecule has 0 saturated carbocycles. The molecule has 0 aliphatic rings. The molecule has 0 bridgehead atoms. The molecule has 128 valence electrons. The standard InChI is InChI=1S/C19H20N4O2/c1-12-10-13(2)21-18(24)17(12)19(25)22-16-6-4-15(5-7-16)11-23-9-8-20-14(23)3/h4-10H,11H2,1-3H3,(H,21,24)(H,22,25). The second-order valence-corrected chi connectivity index (χ2v) is 6.09. The number of carbonyl (C=O) groups is 1. The fourth-order valence-corrected chi connectivity index (χ4v) is 2.79. The first-order valence-corrected chi connectivity index (χ1v) is 8.02. The van der Waals surface area contributed by atoms with Crippen LogP contribution >= 0.6 is 0 Å². The first-order valence-electron chi connectivity index (χ1n) is 8.02. The number of aryl methyl sites for hydroxylation is 3. The Morgan fingerprint density at radius 3 is 2.52 bits per heavy atom. The molecule has 0 aliphatic heterocycles. The van der Waals surface area contributed by atoms with Crippen LogP contribution in [0.1, 0.15) is 33.0 Å². The van der Waals surface area contributed by atoms with Crippen LogP contribution in [0.25, 0.3) is 0 Å². The lowest BCUT2D eigenvalue weighted by molar-refractivity contribution is 0.102. The van der Waals surface area contributed by atoms with E-state index in [1.54, 1.807) is 26.1 Å². The van der Waals surface area contributed by atoms with Crippen LogP contribution in [0.15, 0.2) is 47.5 Å². The number of hydrogen-bond acceptors (Lipinski definition) is 3. The number of H-pyrrole nitrogens is 1. The summed E-state index contributed by atoms with van der Waals surface area (Å²) in [6.07, 6.45) is 3.70. The number of pyridine rings is 1. The molecule has 6 heteroatoms. The van der Waals surface area contributed by atoms with Crippen molar-refractivity contribution in [2.24, 2.45) is 0 Å². The summed E-state index contributed by atoms with van der Waals surface area (Å²) >= 11 is 0. The highest BCUT2D eigenvalue weighted by Gasteiger charge is 2.14. The molecular weight excluding hydrogens is 316 g/mol. The van der Waals surface area contributed by atoms with Crippen LogP contribution in [-0.4, -0.2) is 20.4 Å². The Hall–Kier alpha value is -3.15. The predicted octanol–water partition coefficient (Wildman–Crippen LogP) is 2.80. The molecule has 1 aromatic carbocycles. The van der Waals surface area contributed by atoms with Crippen molar-refractivity contribution in [1.29, 1.82) is 0 Å². The molecule has 0 saturated heterocycles. The Morgan fingerprint density at radius 2 is 1.92 bits per heavy atom. The second-order valence-electron chi connectivity index (χ2n) is 6.09. The summed E-state index contributed by atoms with van der Waals surface area (Å²) in [5.41, 5.74) is 2.91. The van der Waals surface area contributed by atoms with Crippen molar-refractivity contribution in [2.45, 2.75) is 27.3 Å². The second kappa shape index (κ2) is 6.76. The van der Waals surface area contributed by atoms with E-state index in [1.807, 2.05) is 42.0 Å². The summed E-state index contributed by atoms with van der Waals surface area (Å²) in [5, 5.41) is 2.78. The molecule has 3 aromatic rings. The molecule has 0 radical (unpaired) electrons. The molecule has 0 unspecified atom stereocenters. The maximum atomic E-state index is 12.4. The molecule has 6 nitrogen and oxygen atoms in total. The summed E-state index contributed by atoms with van der Waals surface area (Å²) in [4.78, 5) is 31.3. The first-order chi connectivity index (χ1) is 11.9. The van der Waals surface area contributed by atoms with Gasteiger partial charge >= 0.3 is 0 Å². The molecule has 0 fully saturated rings. The highest BCUT2D eigenvalue weighted by Crippen LogP contribution is 2.13. The zero-order chi connectivity index (χ0) is 18.0. The maximum Gasteiger partial charge on any atom is 0.261 e. The van der Waals surface area contributed by atoms with E-state index in [9.17, 15) is 9.59 Å². The highest BCUT2D eigenvalue weighted by atomic mass is 16.2. The van der Waals surface area contributed by atoms with Crippen LogP contribution < -0.4 is 10.9 Å². The Labute approximate surface area is 145 Å². The molecule has 2 N–H and O–H groups in total. The number of aromatic nitrogens is 3. The average Bonchev–Trinajstić information content (AvgIpc) is 2.93. The number of aromatic amines is 1. The number of imidazole rings is 1. The first kappa shape index (κ1) is 16.7. The number of nitrogens with zero attached hydrogens (tertiary/aromatic N) is 2. The van der Waals surface area contributed by atoms with Crippen molar-refractivity contribution < 1.29 is 4.79 Å². The minimum atomic E-state index is -0.406. The number of anilines is 1. The third-order valence-electron chi connectivity index (χ3n) is 4.08. The van der Waals surface area contributed by atoms with Gasteiger partial charge in [0.2, 0.25) is 0 Å². The lowest BCUT2D eigenvalue weighted by Crippen LogP contribution is -2.25. The predicted molar refractivity (Wildman–Crippen MR) is 97.0 cm³/mol. The minimum absolute atomic E-state index is 0.142. The maximum absolute atomic E-state index is 12.4. The molecule has 1 amide bonds. The van der Waals surface area contributed by atoms with Gasteiger partial charge in [0.1, 0.15) is 11.4 Å². The van der Waals surface area contributed by atoms with Crippen molar-refractivity contribution in [3.8, 4) is 0 Å². The van der Waals surface area contributed by atoms with Crippen LogP contribution in [0.2, 0.25) is 0 Å².